The number of hydrogen-bond donors (Lipinski definition) is 3. The van der Waals surface area contributed by atoms with Crippen molar-refractivity contribution in [2.45, 2.75) is 39.3 Å². The first-order chi connectivity index (χ1) is 9.08. The zero-order chi connectivity index (χ0) is 14.3. The lowest BCUT2D eigenvalue weighted by molar-refractivity contribution is 0.199. The molecule has 2 amide bonds. The average molecular weight is 265 g/mol. The van der Waals surface area contributed by atoms with Crippen LogP contribution in [0.2, 0.25) is 0 Å². The van der Waals surface area contributed by atoms with Crippen molar-refractivity contribution in [1.29, 1.82) is 0 Å². The predicted octanol–water partition coefficient (Wildman–Crippen LogP) is 1.85. The molecule has 0 saturated carbocycles. The third kappa shape index (κ3) is 4.87. The quantitative estimate of drug-likeness (QED) is 0.735. The minimum atomic E-state index is -0.212. The van der Waals surface area contributed by atoms with E-state index in [1.54, 1.807) is 12.4 Å². The summed E-state index contributed by atoms with van der Waals surface area (Å²) in [5, 5.41) is 14.8. The van der Waals surface area contributed by atoms with Crippen LogP contribution in [0, 0.1) is 5.92 Å². The number of carbonyl (C=O) groups is 1. The second kappa shape index (κ2) is 7.74. The number of aliphatic hydroxyl groups is 1. The molecule has 0 saturated heterocycles. The van der Waals surface area contributed by atoms with Crippen LogP contribution < -0.4 is 10.6 Å². The standard InChI is InChI=1S/C14H23N3O2/c1-4-13(12-5-7-15-8-6-12)17-14(19)16-11(3)10(2)9-18/h5-8,10-11,13,18H,4,9H2,1-3H3,(H2,16,17,19)/t10-,11+,13-/m0/s1. The molecule has 0 aliphatic rings. The second-order valence-corrected chi connectivity index (χ2v) is 4.81. The van der Waals surface area contributed by atoms with Gasteiger partial charge in [0.2, 0.25) is 0 Å². The van der Waals surface area contributed by atoms with Gasteiger partial charge in [0.1, 0.15) is 0 Å². The number of amides is 2. The fourth-order valence-electron chi connectivity index (χ4n) is 1.72. The van der Waals surface area contributed by atoms with Crippen LogP contribution in [-0.2, 0) is 0 Å². The van der Waals surface area contributed by atoms with Gasteiger partial charge in [0.25, 0.3) is 0 Å². The summed E-state index contributed by atoms with van der Waals surface area (Å²) in [5.74, 6) is 0.0340. The van der Waals surface area contributed by atoms with E-state index >= 15 is 0 Å². The number of nitrogens with zero attached hydrogens (tertiary/aromatic N) is 1. The van der Waals surface area contributed by atoms with Gasteiger partial charge in [-0.05, 0) is 37.0 Å². The Bertz CT molecular complexity index is 384. The molecular formula is C14H23N3O2. The predicted molar refractivity (Wildman–Crippen MR) is 74.6 cm³/mol. The number of hydrogen-bond acceptors (Lipinski definition) is 3. The van der Waals surface area contributed by atoms with E-state index in [-0.39, 0.29) is 30.6 Å². The summed E-state index contributed by atoms with van der Waals surface area (Å²) in [4.78, 5) is 15.9. The van der Waals surface area contributed by atoms with E-state index < -0.39 is 0 Å². The Morgan fingerprint density at radius 1 is 1.32 bits per heavy atom. The van der Waals surface area contributed by atoms with Crippen LogP contribution in [0.5, 0.6) is 0 Å². The number of carbonyl (C=O) groups excluding carboxylic acids is 1. The lowest BCUT2D eigenvalue weighted by Gasteiger charge is -2.22. The van der Waals surface area contributed by atoms with Crippen LogP contribution in [0.1, 0.15) is 38.8 Å². The molecule has 5 heteroatoms. The second-order valence-electron chi connectivity index (χ2n) is 4.81. The van der Waals surface area contributed by atoms with Crippen molar-refractivity contribution in [1.82, 2.24) is 15.6 Å². The van der Waals surface area contributed by atoms with E-state index in [0.717, 1.165) is 12.0 Å². The maximum absolute atomic E-state index is 11.9. The molecule has 1 aromatic heterocycles. The Morgan fingerprint density at radius 3 is 2.47 bits per heavy atom. The molecule has 3 N–H and O–H groups in total. The first kappa shape index (κ1) is 15.4. The molecule has 3 atom stereocenters. The van der Waals surface area contributed by atoms with Gasteiger partial charge < -0.3 is 15.7 Å². The summed E-state index contributed by atoms with van der Waals surface area (Å²) < 4.78 is 0. The van der Waals surface area contributed by atoms with Crippen molar-refractivity contribution in [3.8, 4) is 0 Å². The minimum Gasteiger partial charge on any atom is -0.396 e. The van der Waals surface area contributed by atoms with Crippen molar-refractivity contribution >= 4 is 6.03 Å². The number of rotatable bonds is 6. The van der Waals surface area contributed by atoms with Crippen molar-refractivity contribution < 1.29 is 9.90 Å². The van der Waals surface area contributed by atoms with E-state index in [2.05, 4.69) is 15.6 Å². The fourth-order valence-corrected chi connectivity index (χ4v) is 1.72. The molecule has 0 aromatic carbocycles. The first-order valence-electron chi connectivity index (χ1n) is 6.66. The molecular weight excluding hydrogens is 242 g/mol. The highest BCUT2D eigenvalue weighted by Crippen LogP contribution is 2.15. The molecule has 1 aromatic rings. The van der Waals surface area contributed by atoms with E-state index in [1.165, 1.54) is 0 Å². The average Bonchev–Trinajstić information content (AvgIpc) is 2.44. The van der Waals surface area contributed by atoms with Gasteiger partial charge in [-0.1, -0.05) is 13.8 Å². The summed E-state index contributed by atoms with van der Waals surface area (Å²) >= 11 is 0. The van der Waals surface area contributed by atoms with Crippen LogP contribution in [0.4, 0.5) is 4.79 Å². The number of urea groups is 1. The molecule has 106 valence electrons. The van der Waals surface area contributed by atoms with Crippen LogP contribution in [0.25, 0.3) is 0 Å². The van der Waals surface area contributed by atoms with Gasteiger partial charge in [0, 0.05) is 25.0 Å². The maximum atomic E-state index is 11.9. The molecule has 0 radical (unpaired) electrons. The number of aromatic nitrogens is 1. The van der Waals surface area contributed by atoms with Crippen LogP contribution >= 0.6 is 0 Å². The Balaban J connectivity index is 2.55. The van der Waals surface area contributed by atoms with Gasteiger partial charge in [-0.2, -0.15) is 0 Å². The highest BCUT2D eigenvalue weighted by molar-refractivity contribution is 5.74. The van der Waals surface area contributed by atoms with E-state index in [1.807, 2.05) is 32.9 Å². The SMILES string of the molecule is CC[C@H](NC(=O)N[C@H](C)[C@@H](C)CO)c1ccncc1. The van der Waals surface area contributed by atoms with Gasteiger partial charge in [-0.3, -0.25) is 4.98 Å². The zero-order valence-electron chi connectivity index (χ0n) is 11.8. The number of pyridine rings is 1. The van der Waals surface area contributed by atoms with Gasteiger partial charge >= 0.3 is 6.03 Å². The van der Waals surface area contributed by atoms with Crippen molar-refractivity contribution in [3.05, 3.63) is 30.1 Å². The van der Waals surface area contributed by atoms with Crippen molar-refractivity contribution in [2.75, 3.05) is 6.61 Å². The zero-order valence-corrected chi connectivity index (χ0v) is 11.8. The number of aliphatic hydroxyl groups excluding tert-OH is 1. The normalized spacial score (nSPS) is 15.4. The fraction of sp³-hybridized carbons (Fsp3) is 0.571. The molecule has 0 aliphatic heterocycles. The van der Waals surface area contributed by atoms with Gasteiger partial charge in [-0.25, -0.2) is 4.79 Å². The van der Waals surface area contributed by atoms with Gasteiger partial charge in [0.05, 0.1) is 6.04 Å². The van der Waals surface area contributed by atoms with E-state index in [9.17, 15) is 4.79 Å². The lowest BCUT2D eigenvalue weighted by atomic mass is 10.1. The summed E-state index contributed by atoms with van der Waals surface area (Å²) in [5.41, 5.74) is 1.04. The third-order valence-electron chi connectivity index (χ3n) is 3.32. The molecule has 0 unspecified atom stereocenters. The van der Waals surface area contributed by atoms with Crippen LogP contribution in [-0.4, -0.2) is 28.8 Å². The first-order valence-corrected chi connectivity index (χ1v) is 6.66. The van der Waals surface area contributed by atoms with E-state index in [0.29, 0.717) is 0 Å². The summed E-state index contributed by atoms with van der Waals surface area (Å²) in [6.45, 7) is 5.85. The molecule has 0 bridgehead atoms. The van der Waals surface area contributed by atoms with Crippen molar-refractivity contribution in [3.63, 3.8) is 0 Å². The molecule has 19 heavy (non-hydrogen) atoms. The summed E-state index contributed by atoms with van der Waals surface area (Å²) in [7, 11) is 0. The molecule has 1 rings (SSSR count). The Hall–Kier alpha value is -1.62. The lowest BCUT2D eigenvalue weighted by Crippen LogP contribution is -2.45. The van der Waals surface area contributed by atoms with Gasteiger partial charge in [-0.15, -0.1) is 0 Å². The molecule has 1 heterocycles. The third-order valence-corrected chi connectivity index (χ3v) is 3.32. The Morgan fingerprint density at radius 2 is 1.95 bits per heavy atom. The molecule has 0 aliphatic carbocycles. The topological polar surface area (TPSA) is 74.2 Å². The van der Waals surface area contributed by atoms with Crippen LogP contribution in [0.15, 0.2) is 24.5 Å². The Kier molecular flexibility index (Phi) is 6.29. The van der Waals surface area contributed by atoms with E-state index in [4.69, 9.17) is 5.11 Å². The number of nitrogens with one attached hydrogen (secondary N) is 2. The molecule has 0 fully saturated rings. The Labute approximate surface area is 114 Å². The smallest absolute Gasteiger partial charge is 0.315 e. The summed E-state index contributed by atoms with van der Waals surface area (Å²) in [6.07, 6.45) is 4.24. The van der Waals surface area contributed by atoms with Crippen LogP contribution in [0.3, 0.4) is 0 Å². The highest BCUT2D eigenvalue weighted by atomic mass is 16.3. The summed E-state index contributed by atoms with van der Waals surface area (Å²) in [6, 6.07) is 3.48. The highest BCUT2D eigenvalue weighted by Gasteiger charge is 2.16. The molecule has 0 spiro atoms. The minimum absolute atomic E-state index is 0.0281. The molecule has 5 nitrogen and oxygen atoms in total. The van der Waals surface area contributed by atoms with Crippen molar-refractivity contribution in [2.24, 2.45) is 5.92 Å². The maximum Gasteiger partial charge on any atom is 0.315 e. The largest absolute Gasteiger partial charge is 0.396 e. The monoisotopic (exact) mass is 265 g/mol. The van der Waals surface area contributed by atoms with Gasteiger partial charge in [0.15, 0.2) is 0 Å².